The number of aryl methyl sites for hydroxylation is 1. The van der Waals surface area contributed by atoms with E-state index in [-0.39, 0.29) is 0 Å². The smallest absolute Gasteiger partial charge is 0.459 e. The van der Waals surface area contributed by atoms with Crippen LogP contribution in [-0.4, -0.2) is 30.6 Å². The zero-order valence-corrected chi connectivity index (χ0v) is 11.2. The molecular formula is C13H11F7O2. The first-order valence-electron chi connectivity index (χ1n) is 5.90. The molecule has 1 aromatic carbocycles. The van der Waals surface area contributed by atoms with Crippen LogP contribution in [0.3, 0.4) is 0 Å². The van der Waals surface area contributed by atoms with E-state index in [1.54, 1.807) is 19.1 Å². The van der Waals surface area contributed by atoms with Gasteiger partial charge in [-0.3, -0.25) is 4.79 Å². The van der Waals surface area contributed by atoms with Crippen LogP contribution in [0, 0.1) is 6.92 Å². The first-order chi connectivity index (χ1) is 9.87. The van der Waals surface area contributed by atoms with Crippen LogP contribution in [0.4, 0.5) is 30.7 Å². The summed E-state index contributed by atoms with van der Waals surface area (Å²) < 4.78 is 90.4. The molecule has 1 aromatic rings. The summed E-state index contributed by atoms with van der Waals surface area (Å²) in [7, 11) is 0. The van der Waals surface area contributed by atoms with E-state index in [9.17, 15) is 35.5 Å². The molecular weight excluding hydrogens is 321 g/mol. The minimum Gasteiger partial charge on any atom is -0.459 e. The second kappa shape index (κ2) is 6.13. The van der Waals surface area contributed by atoms with Crippen molar-refractivity contribution in [1.29, 1.82) is 0 Å². The van der Waals surface area contributed by atoms with Crippen molar-refractivity contribution in [2.45, 2.75) is 31.4 Å². The van der Waals surface area contributed by atoms with Gasteiger partial charge in [0.1, 0.15) is 0 Å². The molecule has 22 heavy (non-hydrogen) atoms. The fraction of sp³-hybridized carbons (Fsp3) is 0.462. The van der Waals surface area contributed by atoms with E-state index in [2.05, 4.69) is 4.74 Å². The number of carbonyl (C=O) groups is 1. The molecule has 0 atom stereocenters. The summed E-state index contributed by atoms with van der Waals surface area (Å²) in [5, 5.41) is 0. The fourth-order valence-electron chi connectivity index (χ4n) is 1.39. The number of carbonyl (C=O) groups excluding carboxylic acids is 1. The first-order valence-corrected chi connectivity index (χ1v) is 5.90. The summed E-state index contributed by atoms with van der Waals surface area (Å²) in [6.07, 6.45) is -6.96. The van der Waals surface area contributed by atoms with Crippen LogP contribution in [0.5, 0.6) is 0 Å². The van der Waals surface area contributed by atoms with Crippen LogP contribution in [0.2, 0.25) is 0 Å². The van der Waals surface area contributed by atoms with Gasteiger partial charge in [-0.2, -0.15) is 30.7 Å². The lowest BCUT2D eigenvalue weighted by molar-refractivity contribution is -0.359. The highest BCUT2D eigenvalue weighted by molar-refractivity contribution is 5.72. The molecule has 0 saturated heterocycles. The van der Waals surface area contributed by atoms with Crippen molar-refractivity contribution in [3.05, 3.63) is 35.4 Å². The Balaban J connectivity index is 2.64. The maximum absolute atomic E-state index is 12.9. The van der Waals surface area contributed by atoms with Crippen molar-refractivity contribution in [3.8, 4) is 0 Å². The van der Waals surface area contributed by atoms with Crippen LogP contribution in [0.1, 0.15) is 11.1 Å². The third kappa shape index (κ3) is 4.11. The Bertz CT molecular complexity index is 520. The molecule has 124 valence electrons. The third-order valence-electron chi connectivity index (χ3n) is 2.70. The molecule has 9 heteroatoms. The molecule has 0 aromatic heterocycles. The van der Waals surface area contributed by atoms with Gasteiger partial charge < -0.3 is 4.74 Å². The monoisotopic (exact) mass is 332 g/mol. The molecule has 0 fully saturated rings. The standard InChI is InChI=1S/C13H11F7O2/c1-8-2-4-9(5-3-8)6-10(21)22-7-11(14,15)12(16,17)13(18,19)20/h2-5H,6-7H2,1H3. The number of benzene rings is 1. The molecule has 0 saturated carbocycles. The Kier molecular flexibility index (Phi) is 5.09. The predicted molar refractivity (Wildman–Crippen MR) is 61.8 cm³/mol. The third-order valence-corrected chi connectivity index (χ3v) is 2.70. The molecule has 0 bridgehead atoms. The minimum atomic E-state index is -6.44. The molecule has 0 unspecified atom stereocenters. The maximum Gasteiger partial charge on any atom is 0.460 e. The minimum absolute atomic E-state index is 0.349. The lowest BCUT2D eigenvalue weighted by Gasteiger charge is -2.27. The maximum atomic E-state index is 12.9. The van der Waals surface area contributed by atoms with Crippen molar-refractivity contribution in [2.24, 2.45) is 0 Å². The van der Waals surface area contributed by atoms with Gasteiger partial charge in [0.25, 0.3) is 0 Å². The molecule has 0 heterocycles. The zero-order valence-electron chi connectivity index (χ0n) is 11.2. The topological polar surface area (TPSA) is 26.3 Å². The number of alkyl halides is 7. The largest absolute Gasteiger partial charge is 0.460 e. The number of hydrogen-bond acceptors (Lipinski definition) is 2. The first kappa shape index (κ1) is 18.2. The number of halogens is 7. The molecule has 0 aliphatic carbocycles. The molecule has 0 N–H and O–H groups in total. The highest BCUT2D eigenvalue weighted by atomic mass is 19.4. The van der Waals surface area contributed by atoms with E-state index in [1.807, 2.05) is 0 Å². The lowest BCUT2D eigenvalue weighted by atomic mass is 10.1. The Hall–Kier alpha value is -1.80. The van der Waals surface area contributed by atoms with E-state index >= 15 is 0 Å². The highest BCUT2D eigenvalue weighted by Gasteiger charge is 2.73. The fourth-order valence-corrected chi connectivity index (χ4v) is 1.39. The van der Waals surface area contributed by atoms with Crippen LogP contribution in [0.25, 0.3) is 0 Å². The Morgan fingerprint density at radius 2 is 1.50 bits per heavy atom. The second-order valence-electron chi connectivity index (χ2n) is 4.60. The van der Waals surface area contributed by atoms with Gasteiger partial charge in [-0.25, -0.2) is 0 Å². The summed E-state index contributed by atoms with van der Waals surface area (Å²) >= 11 is 0. The van der Waals surface area contributed by atoms with Crippen molar-refractivity contribution in [1.82, 2.24) is 0 Å². The summed E-state index contributed by atoms with van der Waals surface area (Å²) in [6.45, 7) is -0.605. The average molecular weight is 332 g/mol. The second-order valence-corrected chi connectivity index (χ2v) is 4.60. The number of esters is 1. The van der Waals surface area contributed by atoms with Gasteiger partial charge in [-0.15, -0.1) is 0 Å². The van der Waals surface area contributed by atoms with Gasteiger partial charge in [-0.1, -0.05) is 29.8 Å². The summed E-state index contributed by atoms with van der Waals surface area (Å²) in [4.78, 5) is 11.2. The summed E-state index contributed by atoms with van der Waals surface area (Å²) in [6, 6.07) is 6.15. The Labute approximate surface area is 120 Å². The van der Waals surface area contributed by atoms with Crippen molar-refractivity contribution < 1.29 is 40.3 Å². The molecule has 0 aliphatic heterocycles. The van der Waals surface area contributed by atoms with Gasteiger partial charge in [-0.05, 0) is 12.5 Å². The van der Waals surface area contributed by atoms with E-state index in [0.29, 0.717) is 5.56 Å². The van der Waals surface area contributed by atoms with Crippen LogP contribution >= 0.6 is 0 Å². The van der Waals surface area contributed by atoms with Gasteiger partial charge in [0, 0.05) is 0 Å². The Morgan fingerprint density at radius 3 is 1.95 bits per heavy atom. The van der Waals surface area contributed by atoms with E-state index < -0.39 is 37.0 Å². The summed E-state index contributed by atoms with van der Waals surface area (Å²) in [5.41, 5.74) is 1.20. The Morgan fingerprint density at radius 1 is 1.00 bits per heavy atom. The normalized spacial score (nSPS) is 13.1. The average Bonchev–Trinajstić information content (AvgIpc) is 2.38. The van der Waals surface area contributed by atoms with Crippen LogP contribution < -0.4 is 0 Å². The number of ether oxygens (including phenoxy) is 1. The van der Waals surface area contributed by atoms with Gasteiger partial charge in [0.2, 0.25) is 0 Å². The lowest BCUT2D eigenvalue weighted by Crippen LogP contribution is -2.54. The van der Waals surface area contributed by atoms with Crippen LogP contribution in [0.15, 0.2) is 24.3 Å². The van der Waals surface area contributed by atoms with Gasteiger partial charge in [0.05, 0.1) is 6.42 Å². The van der Waals surface area contributed by atoms with Crippen molar-refractivity contribution in [3.63, 3.8) is 0 Å². The van der Waals surface area contributed by atoms with Gasteiger partial charge in [0.15, 0.2) is 6.61 Å². The van der Waals surface area contributed by atoms with E-state index in [4.69, 9.17) is 0 Å². The quantitative estimate of drug-likeness (QED) is 0.604. The SMILES string of the molecule is Cc1ccc(CC(=O)OCC(F)(F)C(F)(F)C(F)(F)F)cc1. The summed E-state index contributed by atoms with van der Waals surface area (Å²) in [5.74, 6) is -13.2. The number of rotatable bonds is 5. The van der Waals surface area contributed by atoms with E-state index in [0.717, 1.165) is 5.56 Å². The molecule has 0 amide bonds. The highest BCUT2D eigenvalue weighted by Crippen LogP contribution is 2.46. The molecule has 1 rings (SSSR count). The van der Waals surface area contributed by atoms with Crippen molar-refractivity contribution >= 4 is 5.97 Å². The molecule has 0 spiro atoms. The molecule has 0 radical (unpaired) electrons. The van der Waals surface area contributed by atoms with Gasteiger partial charge >= 0.3 is 24.0 Å². The molecule has 2 nitrogen and oxygen atoms in total. The molecule has 0 aliphatic rings. The zero-order chi connectivity index (χ0) is 17.2. The predicted octanol–water partition coefficient (Wildman–Crippen LogP) is 3.91. The van der Waals surface area contributed by atoms with Crippen LogP contribution in [-0.2, 0) is 16.0 Å². The number of hydrogen-bond donors (Lipinski definition) is 0. The van der Waals surface area contributed by atoms with E-state index in [1.165, 1.54) is 12.1 Å². The van der Waals surface area contributed by atoms with Crippen molar-refractivity contribution in [2.75, 3.05) is 6.61 Å².